The molecule has 2 aliphatic rings. The highest BCUT2D eigenvalue weighted by atomic mass is 16.6. The van der Waals surface area contributed by atoms with Crippen molar-refractivity contribution in [2.45, 2.75) is 44.8 Å². The van der Waals surface area contributed by atoms with Gasteiger partial charge in [0.15, 0.2) is 0 Å². The molecule has 1 aliphatic carbocycles. The third-order valence-electron chi connectivity index (χ3n) is 3.19. The summed E-state index contributed by atoms with van der Waals surface area (Å²) in [5.74, 6) is 0.539. The van der Waals surface area contributed by atoms with Crippen LogP contribution in [0.1, 0.15) is 38.5 Å². The zero-order valence-corrected chi connectivity index (χ0v) is 8.48. The van der Waals surface area contributed by atoms with Crippen molar-refractivity contribution >= 4 is 0 Å². The van der Waals surface area contributed by atoms with Gasteiger partial charge in [0.05, 0.1) is 6.26 Å². The normalized spacial score (nSPS) is 29.2. The van der Waals surface area contributed by atoms with E-state index in [1.54, 1.807) is 6.26 Å². The molecule has 2 heteroatoms. The average molecular weight is 194 g/mol. The maximum absolute atomic E-state index is 9.67. The van der Waals surface area contributed by atoms with Gasteiger partial charge in [-0.25, -0.2) is 0 Å². The molecule has 0 bridgehead atoms. The lowest BCUT2D eigenvalue weighted by Crippen LogP contribution is -2.20. The molecule has 0 aromatic rings. The zero-order chi connectivity index (χ0) is 9.80. The van der Waals surface area contributed by atoms with E-state index in [1.165, 1.54) is 38.5 Å². The summed E-state index contributed by atoms with van der Waals surface area (Å²) in [6.45, 7) is 0. The molecular weight excluding hydrogens is 176 g/mol. The van der Waals surface area contributed by atoms with Gasteiger partial charge < -0.3 is 9.84 Å². The Morgan fingerprint density at radius 3 is 2.50 bits per heavy atom. The summed E-state index contributed by atoms with van der Waals surface area (Å²) in [5.41, 5.74) is 1.08. The Balaban J connectivity index is 2.04. The van der Waals surface area contributed by atoms with Gasteiger partial charge in [0.25, 0.3) is 0 Å². The molecule has 1 saturated carbocycles. The van der Waals surface area contributed by atoms with Gasteiger partial charge in [0, 0.05) is 5.57 Å². The molecule has 1 unspecified atom stereocenters. The Labute approximate surface area is 85.3 Å². The summed E-state index contributed by atoms with van der Waals surface area (Å²) in [5, 5.41) is 9.67. The molecule has 1 heterocycles. The molecule has 14 heavy (non-hydrogen) atoms. The average Bonchev–Trinajstić information content (AvgIpc) is 2.47. The smallest absolute Gasteiger partial charge is 0.219 e. The second kappa shape index (κ2) is 4.65. The molecule has 0 aromatic carbocycles. The molecule has 1 atom stereocenters. The van der Waals surface area contributed by atoms with E-state index in [0.717, 1.165) is 5.57 Å². The highest BCUT2D eigenvalue weighted by Crippen LogP contribution is 2.31. The Morgan fingerprint density at radius 2 is 1.86 bits per heavy atom. The second-order valence-electron chi connectivity index (χ2n) is 4.17. The highest BCUT2D eigenvalue weighted by Gasteiger charge is 2.23. The van der Waals surface area contributed by atoms with Crippen LogP contribution < -0.4 is 0 Å². The largest absolute Gasteiger partial charge is 0.469 e. The topological polar surface area (TPSA) is 29.5 Å². The molecule has 2 nitrogen and oxygen atoms in total. The molecule has 0 spiro atoms. The van der Waals surface area contributed by atoms with Gasteiger partial charge in [-0.2, -0.15) is 0 Å². The van der Waals surface area contributed by atoms with E-state index in [4.69, 9.17) is 4.74 Å². The van der Waals surface area contributed by atoms with Crippen LogP contribution in [0.5, 0.6) is 0 Å². The fraction of sp³-hybridized carbons (Fsp3) is 0.667. The molecule has 0 saturated heterocycles. The van der Waals surface area contributed by atoms with Crippen LogP contribution >= 0.6 is 0 Å². The van der Waals surface area contributed by atoms with Crippen LogP contribution in [0.25, 0.3) is 0 Å². The predicted octanol–water partition coefficient (Wildman–Crippen LogP) is 2.75. The Hall–Kier alpha value is -0.760. The maximum Gasteiger partial charge on any atom is 0.219 e. The molecule has 0 aromatic heterocycles. The summed E-state index contributed by atoms with van der Waals surface area (Å²) in [4.78, 5) is 0. The standard InChI is InChI=1S/C12H18O2/c13-12-11(8-5-9-14-12)10-6-3-1-2-4-7-10/h5,8-10,12-13H,1-4,6-7H2. The zero-order valence-electron chi connectivity index (χ0n) is 8.48. The number of rotatable bonds is 1. The van der Waals surface area contributed by atoms with Gasteiger partial charge in [-0.3, -0.25) is 0 Å². The first kappa shape index (κ1) is 9.78. The Kier molecular flexibility index (Phi) is 3.25. The van der Waals surface area contributed by atoms with Crippen molar-refractivity contribution in [3.05, 3.63) is 24.0 Å². The fourth-order valence-electron chi connectivity index (χ4n) is 2.38. The lowest BCUT2D eigenvalue weighted by molar-refractivity contribution is -0.0309. The number of hydrogen-bond acceptors (Lipinski definition) is 2. The molecule has 1 aliphatic heterocycles. The number of allylic oxidation sites excluding steroid dienone is 2. The highest BCUT2D eigenvalue weighted by molar-refractivity contribution is 5.19. The first-order valence-corrected chi connectivity index (χ1v) is 5.58. The quantitative estimate of drug-likeness (QED) is 0.650. The van der Waals surface area contributed by atoms with Crippen molar-refractivity contribution in [1.82, 2.24) is 0 Å². The van der Waals surface area contributed by atoms with Crippen molar-refractivity contribution in [1.29, 1.82) is 0 Å². The van der Waals surface area contributed by atoms with Crippen LogP contribution in [0.4, 0.5) is 0 Å². The number of aliphatic hydroxyl groups excluding tert-OH is 1. The Bertz CT molecular complexity index is 235. The van der Waals surface area contributed by atoms with Crippen molar-refractivity contribution in [3.63, 3.8) is 0 Å². The summed E-state index contributed by atoms with van der Waals surface area (Å²) in [6.07, 6.45) is 12.5. The van der Waals surface area contributed by atoms with Gasteiger partial charge in [0.2, 0.25) is 6.29 Å². The van der Waals surface area contributed by atoms with Crippen molar-refractivity contribution in [3.8, 4) is 0 Å². The van der Waals surface area contributed by atoms with E-state index in [1.807, 2.05) is 12.2 Å². The molecule has 1 fully saturated rings. The van der Waals surface area contributed by atoms with E-state index in [0.29, 0.717) is 5.92 Å². The Morgan fingerprint density at radius 1 is 1.14 bits per heavy atom. The van der Waals surface area contributed by atoms with Crippen LogP contribution in [0, 0.1) is 5.92 Å². The summed E-state index contributed by atoms with van der Waals surface area (Å²) in [7, 11) is 0. The first-order chi connectivity index (χ1) is 6.88. The SMILES string of the molecule is OC1OC=CC=C1C1CCCCCC1. The molecule has 0 radical (unpaired) electrons. The van der Waals surface area contributed by atoms with Gasteiger partial charge in [-0.1, -0.05) is 31.8 Å². The monoisotopic (exact) mass is 194 g/mol. The van der Waals surface area contributed by atoms with Crippen molar-refractivity contribution in [2.75, 3.05) is 0 Å². The van der Waals surface area contributed by atoms with Crippen LogP contribution in [-0.2, 0) is 4.74 Å². The van der Waals surface area contributed by atoms with E-state index >= 15 is 0 Å². The van der Waals surface area contributed by atoms with Crippen molar-refractivity contribution < 1.29 is 9.84 Å². The lowest BCUT2D eigenvalue weighted by Gasteiger charge is -2.24. The van der Waals surface area contributed by atoms with Crippen LogP contribution in [-0.4, -0.2) is 11.4 Å². The van der Waals surface area contributed by atoms with E-state index in [-0.39, 0.29) is 0 Å². The van der Waals surface area contributed by atoms with E-state index in [9.17, 15) is 5.11 Å². The second-order valence-corrected chi connectivity index (χ2v) is 4.17. The third kappa shape index (κ3) is 2.18. The molecule has 1 N–H and O–H groups in total. The number of ether oxygens (including phenoxy) is 1. The van der Waals surface area contributed by atoms with Crippen LogP contribution in [0.15, 0.2) is 24.0 Å². The minimum Gasteiger partial charge on any atom is -0.469 e. The minimum atomic E-state index is -0.692. The molecule has 78 valence electrons. The van der Waals surface area contributed by atoms with Gasteiger partial charge in [-0.05, 0) is 24.8 Å². The molecular formula is C12H18O2. The number of aliphatic hydroxyl groups is 1. The predicted molar refractivity (Wildman–Crippen MR) is 55.5 cm³/mol. The third-order valence-corrected chi connectivity index (χ3v) is 3.19. The van der Waals surface area contributed by atoms with E-state index in [2.05, 4.69) is 0 Å². The molecule has 2 rings (SSSR count). The maximum atomic E-state index is 9.67. The summed E-state index contributed by atoms with van der Waals surface area (Å²) < 4.78 is 5.09. The first-order valence-electron chi connectivity index (χ1n) is 5.58. The lowest BCUT2D eigenvalue weighted by atomic mass is 9.90. The van der Waals surface area contributed by atoms with Crippen LogP contribution in [0.2, 0.25) is 0 Å². The summed E-state index contributed by atoms with van der Waals surface area (Å²) in [6, 6.07) is 0. The van der Waals surface area contributed by atoms with E-state index < -0.39 is 6.29 Å². The van der Waals surface area contributed by atoms with Crippen molar-refractivity contribution in [2.24, 2.45) is 5.92 Å². The minimum absolute atomic E-state index is 0.539. The van der Waals surface area contributed by atoms with Gasteiger partial charge in [-0.15, -0.1) is 0 Å². The fourth-order valence-corrected chi connectivity index (χ4v) is 2.38. The van der Waals surface area contributed by atoms with Gasteiger partial charge in [0.1, 0.15) is 0 Å². The number of hydrogen-bond donors (Lipinski definition) is 1. The van der Waals surface area contributed by atoms with Crippen LogP contribution in [0.3, 0.4) is 0 Å². The van der Waals surface area contributed by atoms with Gasteiger partial charge >= 0.3 is 0 Å². The summed E-state index contributed by atoms with van der Waals surface area (Å²) >= 11 is 0. The molecule has 0 amide bonds.